The third-order valence-corrected chi connectivity index (χ3v) is 5.43. The van der Waals surface area contributed by atoms with Crippen LogP contribution in [-0.2, 0) is 10.0 Å². The van der Waals surface area contributed by atoms with E-state index in [1.54, 1.807) is 6.92 Å². The van der Waals surface area contributed by atoms with Gasteiger partial charge in [0, 0.05) is 12.6 Å². The van der Waals surface area contributed by atoms with E-state index in [-0.39, 0.29) is 34.4 Å². The molecule has 2 rings (SSSR count). The van der Waals surface area contributed by atoms with Crippen molar-refractivity contribution in [2.75, 3.05) is 26.7 Å². The maximum atomic E-state index is 12.3. The number of amides is 1. The molecule has 0 bridgehead atoms. The average Bonchev–Trinajstić information content (AvgIpc) is 2.88. The summed E-state index contributed by atoms with van der Waals surface area (Å²) < 4.78 is 30.8. The molecule has 1 aromatic rings. The Bertz CT molecular complexity index is 651. The van der Waals surface area contributed by atoms with Gasteiger partial charge in [0.2, 0.25) is 5.09 Å². The topological polar surface area (TPSA) is 100 Å². The Labute approximate surface area is 143 Å². The van der Waals surface area contributed by atoms with Gasteiger partial charge in [0.15, 0.2) is 0 Å². The molecule has 0 atom stereocenters. The second-order valence-electron chi connectivity index (χ2n) is 5.99. The molecule has 3 N–H and O–H groups in total. The molecule has 1 amide bonds. The van der Waals surface area contributed by atoms with Gasteiger partial charge in [-0.25, -0.2) is 13.1 Å². The molecular formula is C14H24ClN3O4S. The van der Waals surface area contributed by atoms with Gasteiger partial charge in [0.05, 0.1) is 5.56 Å². The van der Waals surface area contributed by atoms with E-state index in [2.05, 4.69) is 22.3 Å². The van der Waals surface area contributed by atoms with Crippen LogP contribution >= 0.6 is 12.4 Å². The Kier molecular flexibility index (Phi) is 6.64. The molecule has 132 valence electrons. The van der Waals surface area contributed by atoms with Crippen LogP contribution in [0.25, 0.3) is 0 Å². The molecule has 0 radical (unpaired) electrons. The van der Waals surface area contributed by atoms with Gasteiger partial charge in [-0.3, -0.25) is 4.79 Å². The summed E-state index contributed by atoms with van der Waals surface area (Å²) >= 11 is 0. The molecule has 0 spiro atoms. The Morgan fingerprint density at radius 3 is 2.57 bits per heavy atom. The lowest BCUT2D eigenvalue weighted by atomic mass is 9.81. The van der Waals surface area contributed by atoms with Crippen LogP contribution in [0.4, 0.5) is 0 Å². The third-order valence-electron chi connectivity index (χ3n) is 4.16. The first kappa shape index (κ1) is 20.0. The predicted molar refractivity (Wildman–Crippen MR) is 89.5 cm³/mol. The van der Waals surface area contributed by atoms with Crippen molar-refractivity contribution < 1.29 is 17.6 Å². The summed E-state index contributed by atoms with van der Waals surface area (Å²) in [7, 11) is -2.39. The summed E-state index contributed by atoms with van der Waals surface area (Å²) in [5, 5.41) is 5.94. The van der Waals surface area contributed by atoms with Crippen molar-refractivity contribution in [3.63, 3.8) is 0 Å². The van der Waals surface area contributed by atoms with Gasteiger partial charge in [0.1, 0.15) is 5.76 Å². The largest absolute Gasteiger partial charge is 0.448 e. The number of piperidine rings is 1. The molecule has 1 aliphatic rings. The van der Waals surface area contributed by atoms with Crippen LogP contribution in [-0.4, -0.2) is 41.0 Å². The minimum absolute atomic E-state index is 0. The van der Waals surface area contributed by atoms with E-state index in [1.165, 1.54) is 13.1 Å². The van der Waals surface area contributed by atoms with Crippen molar-refractivity contribution >= 4 is 28.3 Å². The summed E-state index contributed by atoms with van der Waals surface area (Å²) in [6, 6.07) is 1.27. The summed E-state index contributed by atoms with van der Waals surface area (Å²) in [4.78, 5) is 12.3. The fraction of sp³-hybridized carbons (Fsp3) is 0.643. The van der Waals surface area contributed by atoms with Crippen molar-refractivity contribution in [1.82, 2.24) is 15.4 Å². The van der Waals surface area contributed by atoms with Gasteiger partial charge in [-0.2, -0.15) is 0 Å². The highest BCUT2D eigenvalue weighted by Crippen LogP contribution is 2.27. The van der Waals surface area contributed by atoms with Crippen molar-refractivity contribution in [2.45, 2.75) is 31.8 Å². The van der Waals surface area contributed by atoms with Crippen molar-refractivity contribution in [3.05, 3.63) is 17.4 Å². The van der Waals surface area contributed by atoms with E-state index in [0.29, 0.717) is 12.3 Å². The van der Waals surface area contributed by atoms with Crippen LogP contribution in [0.2, 0.25) is 0 Å². The summed E-state index contributed by atoms with van der Waals surface area (Å²) in [5.74, 6) is -0.0136. The number of hydrogen-bond donors (Lipinski definition) is 3. The number of aryl methyl sites for hydroxylation is 1. The molecule has 1 aliphatic heterocycles. The second-order valence-corrected chi connectivity index (χ2v) is 7.80. The van der Waals surface area contributed by atoms with Crippen LogP contribution in [0.15, 0.2) is 15.6 Å². The van der Waals surface area contributed by atoms with Gasteiger partial charge in [-0.1, -0.05) is 6.92 Å². The molecule has 2 heterocycles. The highest BCUT2D eigenvalue weighted by Gasteiger charge is 2.28. The lowest BCUT2D eigenvalue weighted by Gasteiger charge is -2.34. The number of carbonyl (C=O) groups excluding carboxylic acids is 1. The highest BCUT2D eigenvalue weighted by atomic mass is 35.5. The van der Waals surface area contributed by atoms with Crippen LogP contribution in [0.1, 0.15) is 35.9 Å². The fourth-order valence-corrected chi connectivity index (χ4v) is 3.22. The summed E-state index contributed by atoms with van der Waals surface area (Å²) in [6.07, 6.45) is 1.99. The second kappa shape index (κ2) is 7.65. The molecule has 1 saturated heterocycles. The number of carbonyl (C=O) groups is 1. The van der Waals surface area contributed by atoms with Crippen molar-refractivity contribution in [2.24, 2.45) is 5.41 Å². The van der Waals surface area contributed by atoms with Crippen molar-refractivity contribution in [3.8, 4) is 0 Å². The van der Waals surface area contributed by atoms with Crippen LogP contribution < -0.4 is 15.4 Å². The average molecular weight is 366 g/mol. The predicted octanol–water partition coefficient (Wildman–Crippen LogP) is 1.04. The highest BCUT2D eigenvalue weighted by molar-refractivity contribution is 7.89. The molecule has 1 aromatic heterocycles. The van der Waals surface area contributed by atoms with Crippen LogP contribution in [0, 0.1) is 12.3 Å². The maximum absolute atomic E-state index is 12.3. The first-order valence-corrected chi connectivity index (χ1v) is 8.79. The molecule has 0 saturated carbocycles. The van der Waals surface area contributed by atoms with Gasteiger partial charge < -0.3 is 15.1 Å². The molecule has 0 aliphatic carbocycles. The number of sulfonamides is 1. The van der Waals surface area contributed by atoms with E-state index < -0.39 is 10.0 Å². The quantitative estimate of drug-likeness (QED) is 0.723. The number of nitrogens with one attached hydrogen (secondary N) is 3. The number of halogens is 1. The standard InChI is InChI=1S/C14H23N3O4S.ClH/c1-10-11(8-12(21-10)22(19,20)15-3)13(18)17-9-14(2)4-6-16-7-5-14;/h8,15-16H,4-7,9H2,1-3H3,(H,17,18);1H. The zero-order valence-electron chi connectivity index (χ0n) is 13.6. The zero-order chi connectivity index (χ0) is 16.4. The first-order chi connectivity index (χ1) is 10.3. The molecular weight excluding hydrogens is 342 g/mol. The fourth-order valence-electron chi connectivity index (χ4n) is 2.51. The molecule has 1 fully saturated rings. The molecule has 0 aromatic carbocycles. The Balaban J connectivity index is 0.00000264. The number of hydrogen-bond acceptors (Lipinski definition) is 5. The number of furan rings is 1. The van der Waals surface area contributed by atoms with Crippen molar-refractivity contribution in [1.29, 1.82) is 0 Å². The molecule has 7 nitrogen and oxygen atoms in total. The van der Waals surface area contributed by atoms with E-state index >= 15 is 0 Å². The number of rotatable bonds is 5. The van der Waals surface area contributed by atoms with Gasteiger partial charge in [-0.05, 0) is 45.3 Å². The summed E-state index contributed by atoms with van der Waals surface area (Å²) in [5.41, 5.74) is 0.324. The summed E-state index contributed by atoms with van der Waals surface area (Å²) in [6.45, 7) is 6.18. The lowest BCUT2D eigenvalue weighted by molar-refractivity contribution is 0.0920. The van der Waals surface area contributed by atoms with E-state index in [9.17, 15) is 13.2 Å². The Morgan fingerprint density at radius 2 is 2.00 bits per heavy atom. The van der Waals surface area contributed by atoms with E-state index in [1.807, 2.05) is 0 Å². The normalized spacial score (nSPS) is 17.3. The Hall–Kier alpha value is -1.09. The minimum atomic E-state index is -3.69. The molecule has 0 unspecified atom stereocenters. The monoisotopic (exact) mass is 365 g/mol. The van der Waals surface area contributed by atoms with Gasteiger partial charge >= 0.3 is 0 Å². The Morgan fingerprint density at radius 1 is 1.39 bits per heavy atom. The van der Waals surface area contributed by atoms with E-state index in [4.69, 9.17) is 4.42 Å². The smallest absolute Gasteiger partial charge is 0.273 e. The molecule has 23 heavy (non-hydrogen) atoms. The van der Waals surface area contributed by atoms with Crippen LogP contribution in [0.5, 0.6) is 0 Å². The zero-order valence-corrected chi connectivity index (χ0v) is 15.2. The maximum Gasteiger partial charge on any atom is 0.273 e. The van der Waals surface area contributed by atoms with Gasteiger partial charge in [0.25, 0.3) is 15.9 Å². The lowest BCUT2D eigenvalue weighted by Crippen LogP contribution is -2.42. The third kappa shape index (κ3) is 4.69. The van der Waals surface area contributed by atoms with Gasteiger partial charge in [-0.15, -0.1) is 12.4 Å². The van der Waals surface area contributed by atoms with Crippen LogP contribution in [0.3, 0.4) is 0 Å². The molecule has 9 heteroatoms. The van der Waals surface area contributed by atoms with E-state index in [0.717, 1.165) is 25.9 Å². The minimum Gasteiger partial charge on any atom is -0.448 e. The SMILES string of the molecule is CNS(=O)(=O)c1cc(C(=O)NCC2(C)CCNCC2)c(C)o1.Cl. The first-order valence-electron chi connectivity index (χ1n) is 7.30.